The number of esters is 1. The zero-order valence-electron chi connectivity index (χ0n) is 13.6. The van der Waals surface area contributed by atoms with Gasteiger partial charge >= 0.3 is 5.97 Å². The van der Waals surface area contributed by atoms with Gasteiger partial charge < -0.3 is 4.74 Å². The molecule has 0 radical (unpaired) electrons. The summed E-state index contributed by atoms with van der Waals surface area (Å²) in [7, 11) is 1.38. The monoisotopic (exact) mass is 418 g/mol. The average Bonchev–Trinajstić information content (AvgIpc) is 3.10. The van der Waals surface area contributed by atoms with Gasteiger partial charge in [-0.25, -0.2) is 4.79 Å². The van der Waals surface area contributed by atoms with Crippen LogP contribution in [0.5, 0.6) is 0 Å². The Morgan fingerprint density at radius 3 is 2.72 bits per heavy atom. The molecule has 0 aliphatic carbocycles. The van der Waals surface area contributed by atoms with Crippen molar-refractivity contribution in [1.29, 1.82) is 0 Å². The topological polar surface area (TPSA) is 44.1 Å². The Morgan fingerprint density at radius 2 is 2.00 bits per heavy atom. The van der Waals surface area contributed by atoms with Crippen LogP contribution >= 0.6 is 27.5 Å². The third-order valence-electron chi connectivity index (χ3n) is 3.89. The molecule has 4 nitrogen and oxygen atoms in total. The summed E-state index contributed by atoms with van der Waals surface area (Å²) in [4.78, 5) is 11.9. The van der Waals surface area contributed by atoms with E-state index in [-0.39, 0.29) is 5.97 Å². The van der Waals surface area contributed by atoms with Crippen molar-refractivity contribution in [2.45, 2.75) is 11.9 Å². The molecule has 2 aromatic carbocycles. The third kappa shape index (κ3) is 3.94. The predicted molar refractivity (Wildman–Crippen MR) is 102 cm³/mol. The fourth-order valence-corrected chi connectivity index (χ4v) is 3.46. The zero-order chi connectivity index (χ0) is 17.8. The van der Waals surface area contributed by atoms with E-state index in [1.165, 1.54) is 7.11 Å². The lowest BCUT2D eigenvalue weighted by atomic mass is 10.1. The van der Waals surface area contributed by atoms with Crippen LogP contribution in [0.3, 0.4) is 0 Å². The van der Waals surface area contributed by atoms with Crippen LogP contribution < -0.4 is 0 Å². The number of carbonyl (C=O) groups is 1. The Labute approximate surface area is 159 Å². The van der Waals surface area contributed by atoms with Crippen molar-refractivity contribution in [2.24, 2.45) is 0 Å². The highest BCUT2D eigenvalue weighted by molar-refractivity contribution is 9.08. The maximum atomic E-state index is 11.9. The lowest BCUT2D eigenvalue weighted by molar-refractivity contribution is 0.0599. The Kier molecular flexibility index (Phi) is 5.56. The maximum absolute atomic E-state index is 11.9. The van der Waals surface area contributed by atoms with Gasteiger partial charge in [0.15, 0.2) is 0 Å². The zero-order valence-corrected chi connectivity index (χ0v) is 15.9. The van der Waals surface area contributed by atoms with Crippen LogP contribution in [0.15, 0.2) is 54.7 Å². The number of carbonyl (C=O) groups excluding carboxylic acids is 1. The summed E-state index contributed by atoms with van der Waals surface area (Å²) in [6.07, 6.45) is 1.88. The molecule has 3 rings (SSSR count). The molecule has 0 amide bonds. The van der Waals surface area contributed by atoms with E-state index in [1.807, 2.05) is 48.7 Å². The van der Waals surface area contributed by atoms with Crippen molar-refractivity contribution in [3.8, 4) is 11.3 Å². The van der Waals surface area contributed by atoms with Crippen molar-refractivity contribution < 1.29 is 9.53 Å². The number of methoxy groups -OCH3 is 1. The molecule has 6 heteroatoms. The van der Waals surface area contributed by atoms with Crippen LogP contribution in [0, 0.1) is 0 Å². The van der Waals surface area contributed by atoms with Gasteiger partial charge in [0, 0.05) is 22.1 Å². The number of hydrogen-bond acceptors (Lipinski definition) is 3. The van der Waals surface area contributed by atoms with Gasteiger partial charge in [-0.15, -0.1) is 0 Å². The van der Waals surface area contributed by atoms with Crippen LogP contribution in [-0.4, -0.2) is 22.9 Å². The molecule has 0 N–H and O–H groups in total. The standard InChI is InChI=1S/C19H16BrClN2O2/c1-25-19(24)16-5-3-2-4-15(16)12-23-9-8-18(22-23)13-6-7-14(11-20)17(21)10-13/h2-10H,11-12H2,1H3. The second-order valence-corrected chi connectivity index (χ2v) is 6.46. The molecule has 3 aromatic rings. The molecule has 0 spiro atoms. The van der Waals surface area contributed by atoms with Crippen molar-refractivity contribution in [3.63, 3.8) is 0 Å². The fraction of sp³-hybridized carbons (Fsp3) is 0.158. The molecule has 128 valence electrons. The molecule has 1 heterocycles. The number of ether oxygens (including phenoxy) is 1. The molecule has 0 unspecified atom stereocenters. The lowest BCUT2D eigenvalue weighted by Gasteiger charge is -2.08. The van der Waals surface area contributed by atoms with Crippen LogP contribution in [0.25, 0.3) is 11.3 Å². The predicted octanol–water partition coefficient (Wildman–Crippen LogP) is 4.93. The van der Waals surface area contributed by atoms with E-state index >= 15 is 0 Å². The minimum atomic E-state index is -0.347. The van der Waals surface area contributed by atoms with Gasteiger partial charge in [0.1, 0.15) is 0 Å². The van der Waals surface area contributed by atoms with Gasteiger partial charge in [-0.2, -0.15) is 5.10 Å². The van der Waals surface area contributed by atoms with Gasteiger partial charge in [0.2, 0.25) is 0 Å². The average molecular weight is 420 g/mol. The fourth-order valence-electron chi connectivity index (χ4n) is 2.56. The highest BCUT2D eigenvalue weighted by Crippen LogP contribution is 2.26. The van der Waals surface area contributed by atoms with E-state index in [0.29, 0.717) is 22.5 Å². The molecule has 0 atom stereocenters. The normalized spacial score (nSPS) is 10.7. The number of alkyl halides is 1. The van der Waals surface area contributed by atoms with Gasteiger partial charge in [-0.3, -0.25) is 4.68 Å². The van der Waals surface area contributed by atoms with Crippen LogP contribution in [-0.2, 0) is 16.6 Å². The quantitative estimate of drug-likeness (QED) is 0.435. The van der Waals surface area contributed by atoms with E-state index in [1.54, 1.807) is 10.7 Å². The molecule has 25 heavy (non-hydrogen) atoms. The first-order chi connectivity index (χ1) is 12.1. The number of rotatable bonds is 5. The van der Waals surface area contributed by atoms with Crippen molar-refractivity contribution in [3.05, 3.63) is 76.4 Å². The smallest absolute Gasteiger partial charge is 0.338 e. The van der Waals surface area contributed by atoms with Crippen molar-refractivity contribution in [2.75, 3.05) is 7.11 Å². The van der Waals surface area contributed by atoms with E-state index in [2.05, 4.69) is 21.0 Å². The number of hydrogen-bond donors (Lipinski definition) is 0. The molecular formula is C19H16BrClN2O2. The number of benzene rings is 2. The molecule has 1 aromatic heterocycles. The summed E-state index contributed by atoms with van der Waals surface area (Å²) in [5, 5.41) is 6.01. The van der Waals surface area contributed by atoms with Crippen molar-refractivity contribution >= 4 is 33.5 Å². The Bertz CT molecular complexity index is 908. The molecule has 0 aliphatic rings. The molecule has 0 saturated heterocycles. The Morgan fingerprint density at radius 1 is 1.20 bits per heavy atom. The van der Waals surface area contributed by atoms with Crippen LogP contribution in [0.4, 0.5) is 0 Å². The van der Waals surface area contributed by atoms with Gasteiger partial charge in [-0.05, 0) is 29.3 Å². The maximum Gasteiger partial charge on any atom is 0.338 e. The van der Waals surface area contributed by atoms with Crippen LogP contribution in [0.1, 0.15) is 21.5 Å². The first-order valence-corrected chi connectivity index (χ1v) is 9.16. The van der Waals surface area contributed by atoms with Gasteiger partial charge in [0.25, 0.3) is 0 Å². The summed E-state index contributed by atoms with van der Waals surface area (Å²) in [6.45, 7) is 0.485. The summed E-state index contributed by atoms with van der Waals surface area (Å²) in [5.74, 6) is -0.347. The van der Waals surface area contributed by atoms with E-state index in [4.69, 9.17) is 16.3 Å². The van der Waals surface area contributed by atoms with Gasteiger partial charge in [0.05, 0.1) is 24.9 Å². The summed E-state index contributed by atoms with van der Waals surface area (Å²) < 4.78 is 6.63. The minimum Gasteiger partial charge on any atom is -0.465 e. The number of aromatic nitrogens is 2. The highest BCUT2D eigenvalue weighted by Gasteiger charge is 2.12. The molecule has 0 bridgehead atoms. The summed E-state index contributed by atoms with van der Waals surface area (Å²) in [6, 6.07) is 15.2. The van der Waals surface area contributed by atoms with E-state index in [9.17, 15) is 4.79 Å². The number of halogens is 2. The van der Waals surface area contributed by atoms with E-state index < -0.39 is 0 Å². The third-order valence-corrected chi connectivity index (χ3v) is 4.84. The first-order valence-electron chi connectivity index (χ1n) is 7.67. The summed E-state index contributed by atoms with van der Waals surface area (Å²) in [5.41, 5.74) is 4.23. The van der Waals surface area contributed by atoms with Crippen LogP contribution in [0.2, 0.25) is 5.02 Å². The molecule has 0 aliphatic heterocycles. The molecular weight excluding hydrogens is 404 g/mol. The Balaban J connectivity index is 1.86. The van der Waals surface area contributed by atoms with Crippen molar-refractivity contribution in [1.82, 2.24) is 9.78 Å². The summed E-state index contributed by atoms with van der Waals surface area (Å²) >= 11 is 9.68. The molecule has 0 saturated carbocycles. The largest absolute Gasteiger partial charge is 0.465 e. The Hall–Kier alpha value is -2.11. The minimum absolute atomic E-state index is 0.347. The SMILES string of the molecule is COC(=O)c1ccccc1Cn1ccc(-c2ccc(CBr)c(Cl)c2)n1. The first kappa shape index (κ1) is 17.7. The second kappa shape index (κ2) is 7.85. The lowest BCUT2D eigenvalue weighted by Crippen LogP contribution is -2.09. The second-order valence-electron chi connectivity index (χ2n) is 5.49. The molecule has 0 fully saturated rings. The number of nitrogens with zero attached hydrogens (tertiary/aromatic N) is 2. The van der Waals surface area contributed by atoms with E-state index in [0.717, 1.165) is 22.4 Å². The van der Waals surface area contributed by atoms with Gasteiger partial charge in [-0.1, -0.05) is 57.9 Å². The highest BCUT2D eigenvalue weighted by atomic mass is 79.9.